The molecule has 85 heavy (non-hydrogen) atoms. The topological polar surface area (TPSA) is 179 Å². The van der Waals surface area contributed by atoms with Crippen molar-refractivity contribution in [1.29, 1.82) is 0 Å². The number of hydrogen-bond acceptors (Lipinski definition) is 16. The van der Waals surface area contributed by atoms with E-state index in [1.807, 2.05) is 66.7 Å². The van der Waals surface area contributed by atoms with Crippen molar-refractivity contribution in [3.05, 3.63) is 203 Å². The van der Waals surface area contributed by atoms with E-state index in [-0.39, 0.29) is 19.0 Å². The minimum atomic E-state index is -0.568. The third kappa shape index (κ3) is 17.7. The molecule has 2 aliphatic rings. The van der Waals surface area contributed by atoms with Crippen LogP contribution in [0.2, 0.25) is 0 Å². The highest BCUT2D eigenvalue weighted by atomic mass is 17.2. The Balaban J connectivity index is 0.792. The Morgan fingerprint density at radius 2 is 1.04 bits per heavy atom. The lowest BCUT2D eigenvalue weighted by Gasteiger charge is -2.29. The monoisotopic (exact) mass is 1160 g/mol. The van der Waals surface area contributed by atoms with E-state index in [2.05, 4.69) is 25.3 Å². The van der Waals surface area contributed by atoms with Gasteiger partial charge in [0, 0.05) is 58.0 Å². The van der Waals surface area contributed by atoms with Crippen molar-refractivity contribution in [2.75, 3.05) is 47.3 Å². The first-order valence-electron chi connectivity index (χ1n) is 28.6. The number of fused-ring (bicyclic) bond motifs is 4. The summed E-state index contributed by atoms with van der Waals surface area (Å²) in [6.07, 6.45) is 19.3. The van der Waals surface area contributed by atoms with Gasteiger partial charge in [-0.1, -0.05) is 61.7 Å². The van der Waals surface area contributed by atoms with Gasteiger partial charge in [-0.2, -0.15) is 9.78 Å². The van der Waals surface area contributed by atoms with E-state index in [1.54, 1.807) is 67.8 Å². The van der Waals surface area contributed by atoms with Crippen molar-refractivity contribution in [2.45, 2.75) is 89.1 Å². The third-order valence-corrected chi connectivity index (χ3v) is 14.5. The highest BCUT2D eigenvalue weighted by Crippen LogP contribution is 2.57. The normalized spacial score (nSPS) is 13.9. The zero-order valence-electron chi connectivity index (χ0n) is 48.2. The largest absolute Gasteiger partial charge is 0.496 e. The van der Waals surface area contributed by atoms with Crippen LogP contribution in [-0.4, -0.2) is 71.1 Å². The molecule has 6 aromatic carbocycles. The van der Waals surface area contributed by atoms with Gasteiger partial charge in [-0.25, -0.2) is 19.2 Å². The summed E-state index contributed by atoms with van der Waals surface area (Å²) < 4.78 is 44.8. The van der Waals surface area contributed by atoms with Gasteiger partial charge in [0.1, 0.15) is 47.7 Å². The summed E-state index contributed by atoms with van der Waals surface area (Å²) in [5.41, 5.74) is 6.43. The Labute approximate surface area is 496 Å². The van der Waals surface area contributed by atoms with Crippen LogP contribution in [0.5, 0.6) is 46.0 Å². The van der Waals surface area contributed by atoms with Gasteiger partial charge in [-0.3, -0.25) is 0 Å². The minimum Gasteiger partial charge on any atom is -0.496 e. The second-order valence-electron chi connectivity index (χ2n) is 20.2. The Morgan fingerprint density at radius 3 is 1.64 bits per heavy atom. The molecular weight excluding hydrogens is 1080 g/mol. The van der Waals surface area contributed by atoms with Crippen LogP contribution in [0.25, 0.3) is 12.2 Å². The molecule has 2 aliphatic carbocycles. The summed E-state index contributed by atoms with van der Waals surface area (Å²) in [4.78, 5) is 72.1. The molecule has 0 radical (unpaired) electrons. The zero-order valence-corrected chi connectivity index (χ0v) is 48.2. The number of carbonyl (C=O) groups is 4. The zero-order chi connectivity index (χ0) is 59.6. The molecule has 0 aromatic heterocycles. The van der Waals surface area contributed by atoms with Crippen molar-refractivity contribution >= 4 is 36.0 Å². The van der Waals surface area contributed by atoms with E-state index in [0.717, 1.165) is 122 Å². The van der Waals surface area contributed by atoms with Gasteiger partial charge >= 0.3 is 23.9 Å². The molecule has 0 bridgehead atoms. The molecule has 0 saturated heterocycles. The van der Waals surface area contributed by atoms with E-state index < -0.39 is 29.3 Å². The van der Waals surface area contributed by atoms with Crippen molar-refractivity contribution < 1.29 is 76.6 Å². The molecule has 0 saturated carbocycles. The molecule has 16 nitrogen and oxygen atoms in total. The number of unbranched alkanes of at least 4 members (excludes halogenated alkanes) is 6. The van der Waals surface area contributed by atoms with Gasteiger partial charge in [-0.05, 0) is 173 Å². The SMILES string of the molecule is C=CC(=O)OCCCCCCOc1ccc(COOc2ccc(/C=C/COOc3cccc4c3C3(CC4)CCc4cccc(OC(=O)/C=C/c5ccc(OC(=O)c6ccc(OCCCCCCOC(=O)C=C)cc6)cc5OC)c43)c(OC)c2)cc1. The van der Waals surface area contributed by atoms with Crippen LogP contribution in [-0.2, 0) is 58.5 Å². The van der Waals surface area contributed by atoms with Crippen LogP contribution >= 0.6 is 0 Å². The van der Waals surface area contributed by atoms with Crippen molar-refractivity contribution in [1.82, 2.24) is 0 Å². The van der Waals surface area contributed by atoms with Gasteiger partial charge in [0.25, 0.3) is 0 Å². The number of esters is 4. The number of carbonyl (C=O) groups excluding carboxylic acids is 4. The first kappa shape index (κ1) is 61.9. The summed E-state index contributed by atoms with van der Waals surface area (Å²) in [5, 5.41) is 0. The van der Waals surface area contributed by atoms with Gasteiger partial charge in [0.2, 0.25) is 0 Å². The average Bonchev–Trinajstić information content (AvgIpc) is 1.63. The first-order chi connectivity index (χ1) is 41.6. The Bertz CT molecular complexity index is 3290. The van der Waals surface area contributed by atoms with Crippen molar-refractivity contribution in [2.24, 2.45) is 0 Å². The van der Waals surface area contributed by atoms with Crippen LogP contribution in [0, 0.1) is 0 Å². The predicted octanol–water partition coefficient (Wildman–Crippen LogP) is 13.6. The number of hydrogen-bond donors (Lipinski definition) is 0. The molecular formula is C69H72O16. The van der Waals surface area contributed by atoms with E-state index >= 15 is 0 Å². The fourth-order valence-corrected chi connectivity index (χ4v) is 10.3. The maximum atomic E-state index is 13.6. The van der Waals surface area contributed by atoms with Crippen LogP contribution in [0.3, 0.4) is 0 Å². The molecule has 6 aromatic rings. The van der Waals surface area contributed by atoms with Crippen LogP contribution < -0.4 is 38.2 Å². The predicted molar refractivity (Wildman–Crippen MR) is 320 cm³/mol. The van der Waals surface area contributed by atoms with Gasteiger partial charge in [0.05, 0.1) is 46.2 Å². The fraction of sp³-hybridized carbons (Fsp3) is 0.304. The van der Waals surface area contributed by atoms with Crippen LogP contribution in [0.1, 0.15) is 114 Å². The molecule has 0 aliphatic heterocycles. The Hall–Kier alpha value is -9.12. The van der Waals surface area contributed by atoms with Gasteiger partial charge < -0.3 is 47.7 Å². The third-order valence-electron chi connectivity index (χ3n) is 14.5. The maximum absolute atomic E-state index is 13.6. The molecule has 0 heterocycles. The second kappa shape index (κ2) is 32.1. The fourth-order valence-electron chi connectivity index (χ4n) is 10.3. The molecule has 16 heteroatoms. The number of rotatable bonds is 34. The van der Waals surface area contributed by atoms with E-state index in [9.17, 15) is 19.2 Å². The lowest BCUT2D eigenvalue weighted by atomic mass is 9.76. The van der Waals surface area contributed by atoms with E-state index in [0.29, 0.717) is 72.1 Å². The molecule has 1 unspecified atom stereocenters. The molecule has 0 N–H and O–H groups in total. The summed E-state index contributed by atoms with van der Waals surface area (Å²) in [7, 11) is 3.08. The second-order valence-corrected chi connectivity index (χ2v) is 20.2. The number of aryl methyl sites for hydroxylation is 2. The number of ether oxygens (including phenoxy) is 8. The summed E-state index contributed by atoms with van der Waals surface area (Å²) >= 11 is 0. The van der Waals surface area contributed by atoms with E-state index in [4.69, 9.17) is 57.4 Å². The number of methoxy groups -OCH3 is 2. The molecule has 0 amide bonds. The van der Waals surface area contributed by atoms with Crippen LogP contribution in [0.15, 0.2) is 159 Å². The molecule has 1 atom stereocenters. The highest BCUT2D eigenvalue weighted by Gasteiger charge is 2.49. The quantitative estimate of drug-likeness (QED) is 0.00929. The van der Waals surface area contributed by atoms with Crippen molar-refractivity contribution in [3.63, 3.8) is 0 Å². The Morgan fingerprint density at radius 1 is 0.506 bits per heavy atom. The van der Waals surface area contributed by atoms with Gasteiger partial charge in [-0.15, -0.1) is 0 Å². The summed E-state index contributed by atoms with van der Waals surface area (Å²) in [5.74, 6) is 2.27. The average molecular weight is 1160 g/mol. The standard InChI is InChI=1S/C69H72O16/c1-5-63(70)78-43-13-9-7-11-41-76-55-30-23-49(24-31-55)48-81-84-58-35-26-50(62(47-58)75-4)20-17-45-80-85-60-22-16-19-53-38-40-69(67(53)60)39-37-52-18-15-21-59(66(52)69)83-65(72)36-29-51-25-34-57(46-61(51)74-3)82-68(73)54-27-32-56(33-28-54)77-42-12-8-10-14-44-79-64(71)6-2/h5-6,15-36,46-47H,1-2,7-14,37-45,48H2,3-4H3/b20-17+,36-29+. The molecule has 1 spiro atoms. The smallest absolute Gasteiger partial charge is 0.343 e. The lowest BCUT2D eigenvalue weighted by molar-refractivity contribution is -0.217. The molecule has 444 valence electrons. The summed E-state index contributed by atoms with van der Waals surface area (Å²) in [6, 6.07) is 36.5. The summed E-state index contributed by atoms with van der Waals surface area (Å²) in [6.45, 7) is 9.03. The van der Waals surface area contributed by atoms with Gasteiger partial charge in [0.15, 0.2) is 11.5 Å². The Kier molecular flexibility index (Phi) is 23.4. The van der Waals surface area contributed by atoms with E-state index in [1.165, 1.54) is 19.3 Å². The molecule has 0 fully saturated rings. The van der Waals surface area contributed by atoms with Crippen LogP contribution in [0.4, 0.5) is 0 Å². The molecule has 8 rings (SSSR count). The number of benzene rings is 6. The highest BCUT2D eigenvalue weighted by molar-refractivity contribution is 5.92. The van der Waals surface area contributed by atoms with Crippen molar-refractivity contribution in [3.8, 4) is 46.0 Å². The first-order valence-corrected chi connectivity index (χ1v) is 28.6. The minimum absolute atomic E-state index is 0.140. The lowest BCUT2D eigenvalue weighted by Crippen LogP contribution is -2.24. The maximum Gasteiger partial charge on any atom is 0.343 e.